The predicted molar refractivity (Wildman–Crippen MR) is 87.2 cm³/mol. The fraction of sp³-hybridized carbons (Fsp3) is 0.111. The first kappa shape index (κ1) is 14.9. The molecule has 0 saturated heterocycles. The molecule has 7 heteroatoms. The van der Waals surface area contributed by atoms with E-state index in [1.165, 1.54) is 6.26 Å². The van der Waals surface area contributed by atoms with Gasteiger partial charge in [0.15, 0.2) is 5.76 Å². The van der Waals surface area contributed by atoms with Crippen LogP contribution in [0.1, 0.15) is 33.3 Å². The zero-order valence-corrected chi connectivity index (χ0v) is 13.0. The van der Waals surface area contributed by atoms with Crippen LogP contribution in [0, 0.1) is 11.3 Å². The first-order chi connectivity index (χ1) is 12.2. The number of cyclic esters (lactones) is 1. The van der Waals surface area contributed by atoms with Gasteiger partial charge in [-0.1, -0.05) is 12.1 Å². The monoisotopic (exact) mass is 332 g/mol. The molecule has 0 amide bonds. The van der Waals surface area contributed by atoms with E-state index in [2.05, 4.69) is 16.0 Å². The second-order valence-electron chi connectivity index (χ2n) is 5.57. The lowest BCUT2D eigenvalue weighted by atomic mass is 10.0. The Kier molecular flexibility index (Phi) is 3.43. The summed E-state index contributed by atoms with van der Waals surface area (Å²) in [5, 5.41) is 8.87. The highest BCUT2D eigenvalue weighted by atomic mass is 16.5. The van der Waals surface area contributed by atoms with E-state index in [0.717, 1.165) is 5.56 Å². The number of ether oxygens (including phenoxy) is 1. The Balaban J connectivity index is 1.73. The molecule has 1 atom stereocenters. The van der Waals surface area contributed by atoms with Crippen LogP contribution in [0.4, 0.5) is 5.95 Å². The number of nitrogens with zero attached hydrogens (tertiary/aromatic N) is 3. The van der Waals surface area contributed by atoms with Crippen LogP contribution in [0.15, 0.2) is 47.1 Å². The molecular weight excluding hydrogens is 320 g/mol. The van der Waals surface area contributed by atoms with Gasteiger partial charge in [-0.25, -0.2) is 14.8 Å². The predicted octanol–water partition coefficient (Wildman–Crippen LogP) is 2.64. The number of fused-ring (bicyclic) bond motifs is 1. The first-order valence-electron chi connectivity index (χ1n) is 7.57. The van der Waals surface area contributed by atoms with Crippen LogP contribution in [-0.4, -0.2) is 15.9 Å². The van der Waals surface area contributed by atoms with Crippen LogP contribution in [-0.2, 0) is 11.2 Å². The molecule has 1 aliphatic rings. The Bertz CT molecular complexity index is 988. The second kappa shape index (κ2) is 5.76. The highest BCUT2D eigenvalue weighted by Crippen LogP contribution is 2.37. The second-order valence-corrected chi connectivity index (χ2v) is 5.57. The Hall–Kier alpha value is -3.66. The smallest absolute Gasteiger partial charge is 0.343 e. The van der Waals surface area contributed by atoms with E-state index in [0.29, 0.717) is 29.1 Å². The van der Waals surface area contributed by atoms with Gasteiger partial charge < -0.3 is 14.9 Å². The molecule has 25 heavy (non-hydrogen) atoms. The largest absolute Gasteiger partial charge is 0.463 e. The minimum Gasteiger partial charge on any atom is -0.463 e. The van der Waals surface area contributed by atoms with Gasteiger partial charge in [0.25, 0.3) is 0 Å². The Morgan fingerprint density at radius 2 is 2.00 bits per heavy atom. The summed E-state index contributed by atoms with van der Waals surface area (Å²) in [6, 6.07) is 12.5. The molecule has 2 N–H and O–H groups in total. The molecule has 1 unspecified atom stereocenters. The van der Waals surface area contributed by atoms with Gasteiger partial charge in [-0.3, -0.25) is 0 Å². The van der Waals surface area contributed by atoms with Gasteiger partial charge in [-0.05, 0) is 29.8 Å². The van der Waals surface area contributed by atoms with Crippen molar-refractivity contribution in [2.75, 3.05) is 5.73 Å². The molecule has 4 rings (SSSR count). The van der Waals surface area contributed by atoms with Crippen molar-refractivity contribution in [1.29, 1.82) is 5.26 Å². The third-order valence-electron chi connectivity index (χ3n) is 3.97. The van der Waals surface area contributed by atoms with Crippen molar-refractivity contribution < 1.29 is 13.9 Å². The summed E-state index contributed by atoms with van der Waals surface area (Å²) in [5.74, 6) is -0.0188. The van der Waals surface area contributed by atoms with Crippen molar-refractivity contribution in [3.8, 4) is 17.5 Å². The molecule has 7 nitrogen and oxygen atoms in total. The number of nitrogen functional groups attached to an aromatic ring is 1. The van der Waals surface area contributed by atoms with E-state index in [1.54, 1.807) is 24.3 Å². The Labute approximate surface area is 142 Å². The number of nitrogens with two attached hydrogens (primary N) is 1. The fourth-order valence-electron chi connectivity index (χ4n) is 2.83. The van der Waals surface area contributed by atoms with Gasteiger partial charge in [0, 0.05) is 6.42 Å². The van der Waals surface area contributed by atoms with E-state index in [9.17, 15) is 4.79 Å². The number of carbonyl (C=O) groups is 1. The molecule has 1 aliphatic heterocycles. The molecule has 0 fully saturated rings. The van der Waals surface area contributed by atoms with Crippen LogP contribution in [0.5, 0.6) is 0 Å². The quantitative estimate of drug-likeness (QED) is 0.733. The van der Waals surface area contributed by atoms with Crippen molar-refractivity contribution in [2.45, 2.75) is 12.5 Å². The summed E-state index contributed by atoms with van der Waals surface area (Å²) in [6.07, 6.45) is 1.36. The van der Waals surface area contributed by atoms with Gasteiger partial charge in [0.05, 0.1) is 17.9 Å². The number of furan rings is 1. The number of esters is 1. The number of rotatable bonds is 3. The summed E-state index contributed by atoms with van der Waals surface area (Å²) in [6.45, 7) is 0. The molecular formula is C18H12N4O3. The van der Waals surface area contributed by atoms with E-state index in [1.807, 2.05) is 12.1 Å². The lowest BCUT2D eigenvalue weighted by Crippen LogP contribution is -2.07. The van der Waals surface area contributed by atoms with Crippen LogP contribution in [0.2, 0.25) is 0 Å². The van der Waals surface area contributed by atoms with Gasteiger partial charge >= 0.3 is 5.97 Å². The molecule has 2 aromatic heterocycles. The molecule has 3 aromatic rings. The van der Waals surface area contributed by atoms with Gasteiger partial charge in [-0.15, -0.1) is 0 Å². The molecule has 122 valence electrons. The standard InChI is InChI=1S/C18H12N4O3/c19-9-11-5-3-10(4-6-11)8-13-16-14(17(23)25-13)15(21-18(20)22-16)12-2-1-7-24-12/h1-7,13H,8H2,(H2,20,21,22). The van der Waals surface area contributed by atoms with Crippen LogP contribution in [0.25, 0.3) is 11.5 Å². The molecule has 0 bridgehead atoms. The molecule has 0 spiro atoms. The van der Waals surface area contributed by atoms with E-state index in [-0.39, 0.29) is 11.5 Å². The zero-order valence-electron chi connectivity index (χ0n) is 13.0. The average molecular weight is 332 g/mol. The number of hydrogen-bond acceptors (Lipinski definition) is 7. The maximum Gasteiger partial charge on any atom is 0.343 e. The lowest BCUT2D eigenvalue weighted by Gasteiger charge is -2.10. The van der Waals surface area contributed by atoms with Crippen LogP contribution >= 0.6 is 0 Å². The van der Waals surface area contributed by atoms with Crippen molar-refractivity contribution in [3.05, 3.63) is 65.0 Å². The van der Waals surface area contributed by atoms with Gasteiger partial charge in [-0.2, -0.15) is 5.26 Å². The van der Waals surface area contributed by atoms with Gasteiger partial charge in [0.2, 0.25) is 5.95 Å². The highest BCUT2D eigenvalue weighted by Gasteiger charge is 2.37. The zero-order chi connectivity index (χ0) is 17.4. The molecule has 1 aromatic carbocycles. The molecule has 0 aliphatic carbocycles. The van der Waals surface area contributed by atoms with E-state index >= 15 is 0 Å². The first-order valence-corrected chi connectivity index (χ1v) is 7.57. The minimum absolute atomic E-state index is 0.0493. The Morgan fingerprint density at radius 1 is 1.20 bits per heavy atom. The topological polar surface area (TPSA) is 115 Å². The summed E-state index contributed by atoms with van der Waals surface area (Å²) in [5.41, 5.74) is 8.36. The van der Waals surface area contributed by atoms with Crippen molar-refractivity contribution in [3.63, 3.8) is 0 Å². The number of aromatic nitrogens is 2. The number of anilines is 1. The fourth-order valence-corrected chi connectivity index (χ4v) is 2.83. The van der Waals surface area contributed by atoms with Gasteiger partial charge in [0.1, 0.15) is 23.1 Å². The normalized spacial score (nSPS) is 15.5. The maximum atomic E-state index is 12.4. The third-order valence-corrected chi connectivity index (χ3v) is 3.97. The number of carbonyl (C=O) groups excluding carboxylic acids is 1. The number of hydrogen-bond donors (Lipinski definition) is 1. The highest BCUT2D eigenvalue weighted by molar-refractivity contribution is 5.99. The van der Waals surface area contributed by atoms with Crippen molar-refractivity contribution in [2.24, 2.45) is 0 Å². The number of nitriles is 1. The molecule has 0 radical (unpaired) electrons. The van der Waals surface area contributed by atoms with Crippen LogP contribution < -0.4 is 5.73 Å². The number of benzene rings is 1. The SMILES string of the molecule is N#Cc1ccc(CC2OC(=O)c3c(-c4ccco4)nc(N)nc32)cc1. The average Bonchev–Trinajstić information content (AvgIpc) is 3.24. The Morgan fingerprint density at radius 3 is 2.68 bits per heavy atom. The maximum absolute atomic E-state index is 12.4. The minimum atomic E-state index is -0.561. The van der Waals surface area contributed by atoms with E-state index < -0.39 is 12.1 Å². The molecule has 0 saturated carbocycles. The molecule has 3 heterocycles. The summed E-state index contributed by atoms with van der Waals surface area (Å²) in [4.78, 5) is 20.7. The van der Waals surface area contributed by atoms with E-state index in [4.69, 9.17) is 20.1 Å². The lowest BCUT2D eigenvalue weighted by molar-refractivity contribution is 0.0382. The summed E-state index contributed by atoms with van der Waals surface area (Å²) >= 11 is 0. The summed E-state index contributed by atoms with van der Waals surface area (Å²) < 4.78 is 10.8. The van der Waals surface area contributed by atoms with Crippen molar-refractivity contribution >= 4 is 11.9 Å². The van der Waals surface area contributed by atoms with Crippen molar-refractivity contribution in [1.82, 2.24) is 9.97 Å². The summed E-state index contributed by atoms with van der Waals surface area (Å²) in [7, 11) is 0. The third kappa shape index (κ3) is 2.60. The van der Waals surface area contributed by atoms with Crippen LogP contribution in [0.3, 0.4) is 0 Å².